The molecule has 0 bridgehead atoms. The van der Waals surface area contributed by atoms with Crippen LogP contribution in [0.4, 0.5) is 0 Å². The Kier molecular flexibility index (Phi) is 3.37. The van der Waals surface area contributed by atoms with Crippen molar-refractivity contribution in [2.75, 3.05) is 0 Å². The third-order valence-corrected chi connectivity index (χ3v) is 3.41. The largest absolute Gasteiger partial charge is 0.309 e. The second kappa shape index (κ2) is 5.32. The van der Waals surface area contributed by atoms with Crippen molar-refractivity contribution in [1.82, 2.24) is 10.3 Å². The molecule has 1 heterocycles. The van der Waals surface area contributed by atoms with Crippen molar-refractivity contribution in [2.45, 2.75) is 31.8 Å². The number of nitrogens with one attached hydrogen (secondary N) is 1. The van der Waals surface area contributed by atoms with Gasteiger partial charge in [0.2, 0.25) is 0 Å². The molecule has 0 atom stereocenters. The molecule has 1 saturated carbocycles. The quantitative estimate of drug-likeness (QED) is 0.865. The second-order valence-corrected chi connectivity index (χ2v) is 4.98. The van der Waals surface area contributed by atoms with Crippen molar-refractivity contribution >= 4 is 0 Å². The molecule has 1 aliphatic carbocycles. The first-order valence-corrected chi connectivity index (χ1v) is 6.60. The number of nitrogens with zero attached hydrogens (tertiary/aromatic N) is 1. The summed E-state index contributed by atoms with van der Waals surface area (Å²) < 4.78 is 0. The van der Waals surface area contributed by atoms with Crippen LogP contribution in [-0.2, 0) is 13.1 Å². The summed E-state index contributed by atoms with van der Waals surface area (Å²) >= 11 is 0. The number of pyridine rings is 1. The minimum atomic E-state index is 0.849. The van der Waals surface area contributed by atoms with Gasteiger partial charge in [0.15, 0.2) is 0 Å². The molecule has 3 rings (SSSR count). The first-order chi connectivity index (χ1) is 8.92. The van der Waals surface area contributed by atoms with Crippen molar-refractivity contribution in [3.05, 3.63) is 65.5 Å². The van der Waals surface area contributed by atoms with Crippen molar-refractivity contribution in [3.8, 4) is 0 Å². The first-order valence-electron chi connectivity index (χ1n) is 6.60. The molecule has 0 saturated heterocycles. The van der Waals surface area contributed by atoms with Crippen molar-refractivity contribution < 1.29 is 0 Å². The maximum atomic E-state index is 4.11. The molecule has 2 nitrogen and oxygen atoms in total. The van der Waals surface area contributed by atoms with Crippen LogP contribution in [-0.4, -0.2) is 4.98 Å². The molecule has 1 fully saturated rings. The van der Waals surface area contributed by atoms with Gasteiger partial charge < -0.3 is 5.32 Å². The number of rotatable bonds is 5. The summed E-state index contributed by atoms with van der Waals surface area (Å²) in [6.45, 7) is 1.79. The summed E-state index contributed by atoms with van der Waals surface area (Å²) in [6, 6.07) is 13.1. The molecule has 0 radical (unpaired) electrons. The van der Waals surface area contributed by atoms with E-state index in [-0.39, 0.29) is 0 Å². The predicted octanol–water partition coefficient (Wildman–Crippen LogP) is 3.25. The van der Waals surface area contributed by atoms with E-state index < -0.39 is 0 Å². The molecule has 0 spiro atoms. The highest BCUT2D eigenvalue weighted by Crippen LogP contribution is 2.39. The average Bonchev–Trinajstić information content (AvgIpc) is 3.25. The zero-order valence-corrected chi connectivity index (χ0v) is 10.5. The van der Waals surface area contributed by atoms with Crippen molar-refractivity contribution in [1.29, 1.82) is 0 Å². The maximum absolute atomic E-state index is 4.11. The Morgan fingerprint density at radius 3 is 2.44 bits per heavy atom. The molecule has 0 amide bonds. The SMILES string of the molecule is c1cncc(CNCc2ccc(C3CC3)cc2)c1. The van der Waals surface area contributed by atoms with E-state index in [1.807, 2.05) is 12.3 Å². The lowest BCUT2D eigenvalue weighted by molar-refractivity contribution is 0.691. The zero-order valence-electron chi connectivity index (χ0n) is 10.5. The lowest BCUT2D eigenvalue weighted by atomic mass is 10.1. The second-order valence-electron chi connectivity index (χ2n) is 4.98. The fourth-order valence-corrected chi connectivity index (χ4v) is 2.18. The van der Waals surface area contributed by atoms with Gasteiger partial charge >= 0.3 is 0 Å². The van der Waals surface area contributed by atoms with E-state index in [0.717, 1.165) is 19.0 Å². The van der Waals surface area contributed by atoms with E-state index in [1.165, 1.54) is 29.5 Å². The first kappa shape index (κ1) is 11.4. The Morgan fingerprint density at radius 1 is 1.00 bits per heavy atom. The highest BCUT2D eigenvalue weighted by Gasteiger charge is 2.22. The zero-order chi connectivity index (χ0) is 12.2. The van der Waals surface area contributed by atoms with Gasteiger partial charge in [0.1, 0.15) is 0 Å². The minimum absolute atomic E-state index is 0.849. The van der Waals surface area contributed by atoms with Gasteiger partial charge in [-0.05, 0) is 41.5 Å². The highest BCUT2D eigenvalue weighted by molar-refractivity contribution is 5.28. The Bertz CT molecular complexity index is 486. The Balaban J connectivity index is 1.50. The lowest BCUT2D eigenvalue weighted by Gasteiger charge is -2.06. The molecular formula is C16H18N2. The van der Waals surface area contributed by atoms with Crippen LogP contribution in [0.15, 0.2) is 48.8 Å². The van der Waals surface area contributed by atoms with Gasteiger partial charge in [0.25, 0.3) is 0 Å². The van der Waals surface area contributed by atoms with Crippen LogP contribution in [0.1, 0.15) is 35.4 Å². The van der Waals surface area contributed by atoms with E-state index in [4.69, 9.17) is 0 Å². The monoisotopic (exact) mass is 238 g/mol. The van der Waals surface area contributed by atoms with Crippen molar-refractivity contribution in [3.63, 3.8) is 0 Å². The molecule has 1 aromatic heterocycles. The molecule has 0 aliphatic heterocycles. The Labute approximate surface area is 108 Å². The molecular weight excluding hydrogens is 220 g/mol. The fraction of sp³-hybridized carbons (Fsp3) is 0.312. The Morgan fingerprint density at radius 2 is 1.78 bits per heavy atom. The summed E-state index contributed by atoms with van der Waals surface area (Å²) in [7, 11) is 0. The van der Waals surface area contributed by atoms with E-state index >= 15 is 0 Å². The summed E-state index contributed by atoms with van der Waals surface area (Å²) in [5.74, 6) is 0.849. The van der Waals surface area contributed by atoms with Crippen LogP contribution in [0.25, 0.3) is 0 Å². The number of benzene rings is 1. The van der Waals surface area contributed by atoms with Gasteiger partial charge in [0.05, 0.1) is 0 Å². The third-order valence-electron chi connectivity index (χ3n) is 3.41. The molecule has 1 N–H and O–H groups in total. The minimum Gasteiger partial charge on any atom is -0.309 e. The lowest BCUT2D eigenvalue weighted by Crippen LogP contribution is -2.12. The van der Waals surface area contributed by atoms with Crippen LogP contribution in [0, 0.1) is 0 Å². The van der Waals surface area contributed by atoms with E-state index in [2.05, 4.69) is 40.6 Å². The topological polar surface area (TPSA) is 24.9 Å². The van der Waals surface area contributed by atoms with E-state index in [1.54, 1.807) is 6.20 Å². The molecule has 92 valence electrons. The van der Waals surface area contributed by atoms with Gasteiger partial charge in [-0.1, -0.05) is 30.3 Å². The van der Waals surface area contributed by atoms with Crippen LogP contribution in [0.5, 0.6) is 0 Å². The van der Waals surface area contributed by atoms with Gasteiger partial charge in [-0.15, -0.1) is 0 Å². The number of hydrogen-bond acceptors (Lipinski definition) is 2. The van der Waals surface area contributed by atoms with E-state index in [0.29, 0.717) is 0 Å². The molecule has 0 unspecified atom stereocenters. The summed E-state index contributed by atoms with van der Waals surface area (Å²) in [6.07, 6.45) is 6.46. The van der Waals surface area contributed by atoms with E-state index in [9.17, 15) is 0 Å². The molecule has 2 heteroatoms. The molecule has 1 aromatic carbocycles. The van der Waals surface area contributed by atoms with Crippen LogP contribution < -0.4 is 5.32 Å². The smallest absolute Gasteiger partial charge is 0.0312 e. The Hall–Kier alpha value is -1.67. The summed E-state index contributed by atoms with van der Waals surface area (Å²) in [5, 5.41) is 3.44. The molecule has 1 aliphatic rings. The molecule has 2 aromatic rings. The number of aromatic nitrogens is 1. The predicted molar refractivity (Wildman–Crippen MR) is 73.2 cm³/mol. The summed E-state index contributed by atoms with van der Waals surface area (Å²) in [4.78, 5) is 4.11. The highest BCUT2D eigenvalue weighted by atomic mass is 14.8. The average molecular weight is 238 g/mol. The summed E-state index contributed by atoms with van der Waals surface area (Å²) in [5.41, 5.74) is 4.08. The number of hydrogen-bond donors (Lipinski definition) is 1. The normalized spacial score (nSPS) is 14.7. The standard InChI is InChI=1S/C16H18N2/c1-2-14(11-17-9-1)12-18-10-13-3-5-15(6-4-13)16-7-8-16/h1-6,9,11,16,18H,7-8,10,12H2. The van der Waals surface area contributed by atoms with Crippen LogP contribution >= 0.6 is 0 Å². The van der Waals surface area contributed by atoms with Gasteiger partial charge in [0, 0.05) is 25.5 Å². The maximum Gasteiger partial charge on any atom is 0.0312 e. The van der Waals surface area contributed by atoms with Gasteiger partial charge in [-0.2, -0.15) is 0 Å². The molecule has 18 heavy (non-hydrogen) atoms. The van der Waals surface area contributed by atoms with Crippen molar-refractivity contribution in [2.24, 2.45) is 0 Å². The van der Waals surface area contributed by atoms with Crippen LogP contribution in [0.3, 0.4) is 0 Å². The van der Waals surface area contributed by atoms with Crippen LogP contribution in [0.2, 0.25) is 0 Å². The fourth-order valence-electron chi connectivity index (χ4n) is 2.18. The van der Waals surface area contributed by atoms with Gasteiger partial charge in [-0.25, -0.2) is 0 Å². The third kappa shape index (κ3) is 2.96. The van der Waals surface area contributed by atoms with Gasteiger partial charge in [-0.3, -0.25) is 4.98 Å².